The number of piperidine rings is 2. The molecule has 0 aliphatic carbocycles. The van der Waals surface area contributed by atoms with Gasteiger partial charge in [0, 0.05) is 43.6 Å². The van der Waals surface area contributed by atoms with Gasteiger partial charge in [0.1, 0.15) is 18.5 Å². The molecule has 38 heavy (non-hydrogen) atoms. The zero-order chi connectivity index (χ0) is 26.3. The molecule has 0 aromatic heterocycles. The van der Waals surface area contributed by atoms with Gasteiger partial charge in [-0.1, -0.05) is 0 Å². The van der Waals surface area contributed by atoms with Gasteiger partial charge in [-0.25, -0.2) is 14.0 Å². The van der Waals surface area contributed by atoms with Crippen molar-refractivity contribution in [2.24, 2.45) is 0 Å². The Morgan fingerprint density at radius 1 is 1.05 bits per heavy atom. The molecule has 1 aromatic carbocycles. The molecule has 5 aliphatic heterocycles. The van der Waals surface area contributed by atoms with Gasteiger partial charge in [-0.2, -0.15) is 0 Å². The Labute approximate surface area is 223 Å². The number of hydrogen-bond acceptors (Lipinski definition) is 7. The van der Waals surface area contributed by atoms with E-state index >= 15 is 0 Å². The van der Waals surface area contributed by atoms with Crippen molar-refractivity contribution in [3.8, 4) is 0 Å². The van der Waals surface area contributed by atoms with Gasteiger partial charge in [-0.15, -0.1) is 0 Å². The number of benzene rings is 1. The summed E-state index contributed by atoms with van der Waals surface area (Å²) in [6, 6.07) is 5.59. The topological polar surface area (TPSA) is 80.8 Å². The number of fused-ring (bicyclic) bond motifs is 4. The number of amides is 2. The number of hydrogen-bond donors (Lipinski definition) is 0. The van der Waals surface area contributed by atoms with Gasteiger partial charge in [0.2, 0.25) is 0 Å². The first-order valence-corrected chi connectivity index (χ1v) is 14.0. The number of likely N-dealkylation sites (tertiary alicyclic amines) is 1. The average molecular weight is 532 g/mol. The van der Waals surface area contributed by atoms with Crippen LogP contribution in [0.5, 0.6) is 0 Å². The van der Waals surface area contributed by atoms with Gasteiger partial charge >= 0.3 is 12.2 Å². The minimum absolute atomic E-state index is 0.117. The third-order valence-electron chi connectivity index (χ3n) is 9.36. The van der Waals surface area contributed by atoms with E-state index in [1.807, 2.05) is 4.90 Å². The summed E-state index contributed by atoms with van der Waals surface area (Å²) in [4.78, 5) is 32.0. The van der Waals surface area contributed by atoms with Crippen molar-refractivity contribution in [1.82, 2.24) is 9.80 Å². The van der Waals surface area contributed by atoms with Gasteiger partial charge in [-0.05, 0) is 75.4 Å². The monoisotopic (exact) mass is 531 g/mol. The maximum absolute atomic E-state index is 14.4. The summed E-state index contributed by atoms with van der Waals surface area (Å²) in [6.07, 6.45) is 5.77. The summed E-state index contributed by atoms with van der Waals surface area (Å²) in [7, 11) is 1.57. The van der Waals surface area contributed by atoms with E-state index in [0.717, 1.165) is 69.3 Å². The highest BCUT2D eigenvalue weighted by molar-refractivity contribution is 5.91. The van der Waals surface area contributed by atoms with Crippen LogP contribution in [0.15, 0.2) is 18.2 Å². The fourth-order valence-electron chi connectivity index (χ4n) is 7.39. The van der Waals surface area contributed by atoms with Crippen LogP contribution < -0.4 is 4.90 Å². The number of rotatable bonds is 5. The Morgan fingerprint density at radius 2 is 1.82 bits per heavy atom. The van der Waals surface area contributed by atoms with E-state index in [1.54, 1.807) is 24.1 Å². The summed E-state index contributed by atoms with van der Waals surface area (Å²) in [5.74, 6) is -0.278. The summed E-state index contributed by atoms with van der Waals surface area (Å²) in [5.41, 5.74) is 1.38. The van der Waals surface area contributed by atoms with Gasteiger partial charge in [0.25, 0.3) is 0 Å². The highest BCUT2D eigenvalue weighted by Crippen LogP contribution is 2.48. The molecule has 5 heterocycles. The fourth-order valence-corrected chi connectivity index (χ4v) is 7.39. The van der Waals surface area contributed by atoms with Crippen molar-refractivity contribution >= 4 is 17.9 Å². The molecule has 5 aliphatic rings. The van der Waals surface area contributed by atoms with Crippen LogP contribution in [0.3, 0.4) is 0 Å². The molecule has 4 fully saturated rings. The van der Waals surface area contributed by atoms with Crippen molar-refractivity contribution in [3.63, 3.8) is 0 Å². The quantitative estimate of drug-likeness (QED) is 0.536. The molecular formula is C28H38FN3O6. The van der Waals surface area contributed by atoms with E-state index in [2.05, 4.69) is 4.90 Å². The van der Waals surface area contributed by atoms with Crippen molar-refractivity contribution in [2.45, 2.75) is 74.6 Å². The Balaban J connectivity index is 1.10. The molecule has 1 aromatic rings. The first kappa shape index (κ1) is 25.8. The maximum atomic E-state index is 14.4. The zero-order valence-corrected chi connectivity index (χ0v) is 22.1. The van der Waals surface area contributed by atoms with Crippen molar-refractivity contribution in [1.29, 1.82) is 0 Å². The standard InChI is InChI=1S/C28H38FN3O6/c1-35-12-13-37-26(33)31-18-28(24-14-19(29)2-5-25(24)31)7-9-30(10-8-28)22-15-20-3-4-21(16-22)32(20)27(34)38-23-6-11-36-17-23/h2,5,14,20-23H,3-4,6-13,15-18H2,1H3/t20?,21?,22?,23-/m0/s1. The number of nitrogens with zero attached hydrogens (tertiary/aromatic N) is 3. The second-order valence-corrected chi connectivity index (χ2v) is 11.5. The van der Waals surface area contributed by atoms with Gasteiger partial charge in [0.15, 0.2) is 0 Å². The Kier molecular flexibility index (Phi) is 7.22. The van der Waals surface area contributed by atoms with Crippen molar-refractivity contribution in [3.05, 3.63) is 29.6 Å². The first-order valence-electron chi connectivity index (χ1n) is 14.0. The highest BCUT2D eigenvalue weighted by Gasteiger charge is 2.50. The van der Waals surface area contributed by atoms with E-state index in [9.17, 15) is 14.0 Å². The molecule has 6 rings (SSSR count). The fraction of sp³-hybridized carbons (Fsp3) is 0.714. The molecule has 9 nitrogen and oxygen atoms in total. The third-order valence-corrected chi connectivity index (χ3v) is 9.36. The molecule has 3 atom stereocenters. The lowest BCUT2D eigenvalue weighted by molar-refractivity contribution is 0.00967. The molecular weight excluding hydrogens is 493 g/mol. The average Bonchev–Trinajstić information content (AvgIpc) is 3.60. The van der Waals surface area contributed by atoms with E-state index in [1.165, 1.54) is 6.07 Å². The second kappa shape index (κ2) is 10.6. The van der Waals surface area contributed by atoms with Gasteiger partial charge < -0.3 is 28.7 Å². The van der Waals surface area contributed by atoms with Crippen LogP contribution in [-0.4, -0.2) is 99.4 Å². The molecule has 0 N–H and O–H groups in total. The van der Waals surface area contributed by atoms with Crippen LogP contribution in [0.25, 0.3) is 0 Å². The van der Waals surface area contributed by atoms with E-state index < -0.39 is 6.09 Å². The molecule has 0 radical (unpaired) electrons. The number of ether oxygens (including phenoxy) is 4. The molecule has 4 saturated heterocycles. The third kappa shape index (κ3) is 4.75. The van der Waals surface area contributed by atoms with Crippen LogP contribution in [0.2, 0.25) is 0 Å². The number of methoxy groups -OCH3 is 1. The Bertz CT molecular complexity index is 1030. The van der Waals surface area contributed by atoms with Crippen molar-refractivity contribution < 1.29 is 32.9 Å². The molecule has 2 unspecified atom stereocenters. The van der Waals surface area contributed by atoms with E-state index in [4.69, 9.17) is 18.9 Å². The summed E-state index contributed by atoms with van der Waals surface area (Å²) in [6.45, 7) is 3.96. The molecule has 2 bridgehead atoms. The van der Waals surface area contributed by atoms with Crippen LogP contribution in [-0.2, 0) is 24.4 Å². The Morgan fingerprint density at radius 3 is 2.50 bits per heavy atom. The van der Waals surface area contributed by atoms with Gasteiger partial charge in [-0.3, -0.25) is 4.90 Å². The zero-order valence-electron chi connectivity index (χ0n) is 22.1. The predicted molar refractivity (Wildman–Crippen MR) is 137 cm³/mol. The SMILES string of the molecule is COCCOC(=O)N1CC2(CCN(C3CC4CCC(C3)N4C(=O)O[C@H]3CCOC3)CC2)c2cc(F)ccc21. The molecule has 208 valence electrons. The van der Waals surface area contributed by atoms with Crippen LogP contribution in [0.4, 0.5) is 19.7 Å². The summed E-state index contributed by atoms with van der Waals surface area (Å²) in [5, 5.41) is 0. The van der Waals surface area contributed by atoms with Crippen LogP contribution >= 0.6 is 0 Å². The first-order chi connectivity index (χ1) is 18.5. The predicted octanol–water partition coefficient (Wildman–Crippen LogP) is 3.68. The lowest BCUT2D eigenvalue weighted by Crippen LogP contribution is -2.56. The summed E-state index contributed by atoms with van der Waals surface area (Å²) < 4.78 is 35.9. The van der Waals surface area contributed by atoms with Crippen molar-refractivity contribution in [2.75, 3.05) is 58.1 Å². The minimum atomic E-state index is -0.408. The molecule has 2 amide bonds. The lowest BCUT2D eigenvalue weighted by atomic mass is 9.73. The van der Waals surface area contributed by atoms with Crippen LogP contribution in [0.1, 0.15) is 50.5 Å². The minimum Gasteiger partial charge on any atom is -0.447 e. The number of anilines is 1. The smallest absolute Gasteiger partial charge is 0.414 e. The van der Waals surface area contributed by atoms with E-state index in [-0.39, 0.29) is 42.1 Å². The van der Waals surface area contributed by atoms with Gasteiger partial charge in [0.05, 0.1) is 25.5 Å². The molecule has 1 spiro atoms. The highest BCUT2D eigenvalue weighted by atomic mass is 19.1. The lowest BCUT2D eigenvalue weighted by Gasteiger charge is -2.47. The summed E-state index contributed by atoms with van der Waals surface area (Å²) >= 11 is 0. The molecule has 10 heteroatoms. The maximum Gasteiger partial charge on any atom is 0.414 e. The van der Waals surface area contributed by atoms with Crippen LogP contribution in [0, 0.1) is 5.82 Å². The number of carbonyl (C=O) groups excluding carboxylic acids is 2. The second-order valence-electron chi connectivity index (χ2n) is 11.5. The largest absolute Gasteiger partial charge is 0.447 e. The van der Waals surface area contributed by atoms with E-state index in [0.29, 0.717) is 32.4 Å². The Hall–Kier alpha value is -2.43. The molecule has 0 saturated carbocycles. The normalized spacial score (nSPS) is 30.1. The number of carbonyl (C=O) groups is 2. The number of halogens is 1.